The third-order valence-electron chi connectivity index (χ3n) is 6.38. The predicted molar refractivity (Wildman–Crippen MR) is 110 cm³/mol. The Bertz CT molecular complexity index is 1060. The number of carbonyl (C=O) groups excluding carboxylic acids is 1. The summed E-state index contributed by atoms with van der Waals surface area (Å²) in [6.07, 6.45) is -1.82. The van der Waals surface area contributed by atoms with Crippen LogP contribution in [-0.2, 0) is 17.5 Å². The third kappa shape index (κ3) is 3.76. The number of nitrogens with zero attached hydrogens (tertiary/aromatic N) is 3. The van der Waals surface area contributed by atoms with Crippen LogP contribution in [0.2, 0.25) is 0 Å². The van der Waals surface area contributed by atoms with Gasteiger partial charge in [0, 0.05) is 30.8 Å². The Morgan fingerprint density at radius 2 is 1.97 bits per heavy atom. The third-order valence-corrected chi connectivity index (χ3v) is 6.38. The second-order valence-corrected chi connectivity index (χ2v) is 8.35. The van der Waals surface area contributed by atoms with E-state index in [0.29, 0.717) is 35.7 Å². The number of rotatable bonds is 3. The first-order chi connectivity index (χ1) is 14.7. The SMILES string of the molecule is CC#CC(=O)N1CCC2(CC(n3nc(-c4ccc(C(F)(F)F)cc4)c(CN)c3N)C2)C1. The van der Waals surface area contributed by atoms with Crippen molar-refractivity contribution in [1.82, 2.24) is 14.7 Å². The maximum atomic E-state index is 12.9. The zero-order chi connectivity index (χ0) is 22.4. The molecule has 0 atom stereocenters. The highest BCUT2D eigenvalue weighted by Crippen LogP contribution is 2.54. The zero-order valence-electron chi connectivity index (χ0n) is 17.2. The molecule has 4 N–H and O–H groups in total. The number of carbonyl (C=O) groups is 1. The molecule has 4 rings (SSSR count). The summed E-state index contributed by atoms with van der Waals surface area (Å²) in [5.41, 5.74) is 13.2. The Hall–Kier alpha value is -2.99. The van der Waals surface area contributed by atoms with Crippen LogP contribution in [0.4, 0.5) is 19.0 Å². The molecule has 6 nitrogen and oxygen atoms in total. The van der Waals surface area contributed by atoms with Gasteiger partial charge < -0.3 is 16.4 Å². The van der Waals surface area contributed by atoms with E-state index in [1.165, 1.54) is 12.1 Å². The Morgan fingerprint density at radius 1 is 1.29 bits per heavy atom. The molecule has 1 aliphatic carbocycles. The second kappa shape index (κ2) is 7.61. The van der Waals surface area contributed by atoms with Gasteiger partial charge in [0.25, 0.3) is 5.91 Å². The predicted octanol–water partition coefficient (Wildman–Crippen LogP) is 3.19. The fourth-order valence-corrected chi connectivity index (χ4v) is 4.75. The number of halogens is 3. The summed E-state index contributed by atoms with van der Waals surface area (Å²) >= 11 is 0. The number of likely N-dealkylation sites (tertiary alicyclic amines) is 1. The van der Waals surface area contributed by atoms with Crippen LogP contribution in [0.1, 0.15) is 43.4 Å². The molecule has 0 unspecified atom stereocenters. The Kier molecular flexibility index (Phi) is 5.21. The highest BCUT2D eigenvalue weighted by Gasteiger charge is 2.50. The summed E-state index contributed by atoms with van der Waals surface area (Å²) in [5, 5.41) is 4.63. The van der Waals surface area contributed by atoms with Crippen LogP contribution in [0.15, 0.2) is 24.3 Å². The molecule has 1 saturated heterocycles. The molecule has 1 saturated carbocycles. The van der Waals surface area contributed by atoms with E-state index in [2.05, 4.69) is 16.9 Å². The molecular weight excluding hydrogens is 407 g/mol. The van der Waals surface area contributed by atoms with Crippen molar-refractivity contribution in [1.29, 1.82) is 0 Å². The molecule has 1 aromatic heterocycles. The van der Waals surface area contributed by atoms with Crippen molar-refractivity contribution in [3.63, 3.8) is 0 Å². The van der Waals surface area contributed by atoms with Gasteiger partial charge in [-0.2, -0.15) is 18.3 Å². The highest BCUT2D eigenvalue weighted by atomic mass is 19.4. The normalized spacial score (nSPS) is 22.9. The minimum atomic E-state index is -4.40. The van der Waals surface area contributed by atoms with Gasteiger partial charge in [-0.3, -0.25) is 4.79 Å². The molecule has 164 valence electrons. The van der Waals surface area contributed by atoms with Crippen molar-refractivity contribution in [3.05, 3.63) is 35.4 Å². The van der Waals surface area contributed by atoms with Crippen LogP contribution in [-0.4, -0.2) is 33.7 Å². The number of alkyl halides is 3. The average molecular weight is 431 g/mol. The summed E-state index contributed by atoms with van der Waals surface area (Å²) in [7, 11) is 0. The quantitative estimate of drug-likeness (QED) is 0.731. The Morgan fingerprint density at radius 3 is 2.55 bits per heavy atom. The average Bonchev–Trinajstić information content (AvgIpc) is 3.28. The van der Waals surface area contributed by atoms with Gasteiger partial charge in [-0.1, -0.05) is 18.1 Å². The summed E-state index contributed by atoms with van der Waals surface area (Å²) < 4.78 is 40.4. The van der Waals surface area contributed by atoms with Crippen LogP contribution >= 0.6 is 0 Å². The van der Waals surface area contributed by atoms with E-state index < -0.39 is 11.7 Å². The van der Waals surface area contributed by atoms with E-state index >= 15 is 0 Å². The van der Waals surface area contributed by atoms with Crippen molar-refractivity contribution in [2.75, 3.05) is 18.8 Å². The van der Waals surface area contributed by atoms with E-state index in [-0.39, 0.29) is 23.9 Å². The molecule has 0 radical (unpaired) electrons. The van der Waals surface area contributed by atoms with E-state index in [1.54, 1.807) is 16.5 Å². The standard InChI is InChI=1S/C22H24F3N5O/c1-2-3-18(31)29-9-8-21(13-29)10-16(11-21)30-20(27)17(12-26)19(28-30)14-4-6-15(7-5-14)22(23,24)25/h4-7,16H,8-13,26-27H2,1H3. The van der Waals surface area contributed by atoms with Gasteiger partial charge in [-0.25, -0.2) is 4.68 Å². The molecule has 1 aromatic carbocycles. The van der Waals surface area contributed by atoms with Gasteiger partial charge in [0.2, 0.25) is 0 Å². The molecule has 9 heteroatoms. The molecule has 2 aromatic rings. The molecule has 1 spiro atoms. The molecule has 1 aliphatic heterocycles. The number of nitrogens with two attached hydrogens (primary N) is 2. The molecule has 31 heavy (non-hydrogen) atoms. The summed E-state index contributed by atoms with van der Waals surface area (Å²) in [4.78, 5) is 13.8. The van der Waals surface area contributed by atoms with Crippen molar-refractivity contribution >= 4 is 11.7 Å². The molecule has 2 heterocycles. The lowest BCUT2D eigenvalue weighted by molar-refractivity contribution is -0.137. The first kappa shape index (κ1) is 21.2. The van der Waals surface area contributed by atoms with E-state index in [4.69, 9.17) is 11.5 Å². The van der Waals surface area contributed by atoms with Gasteiger partial charge in [0.15, 0.2) is 0 Å². The van der Waals surface area contributed by atoms with Crippen molar-refractivity contribution in [2.24, 2.45) is 11.1 Å². The van der Waals surface area contributed by atoms with Crippen molar-refractivity contribution in [3.8, 4) is 23.1 Å². The van der Waals surface area contributed by atoms with Crippen LogP contribution in [0.3, 0.4) is 0 Å². The largest absolute Gasteiger partial charge is 0.416 e. The van der Waals surface area contributed by atoms with Crippen LogP contribution in [0, 0.1) is 17.3 Å². The van der Waals surface area contributed by atoms with Gasteiger partial charge in [0.1, 0.15) is 5.82 Å². The van der Waals surface area contributed by atoms with Crippen LogP contribution in [0.25, 0.3) is 11.3 Å². The molecule has 0 bridgehead atoms. The minimum Gasteiger partial charge on any atom is -0.384 e. The lowest BCUT2D eigenvalue weighted by atomic mass is 9.65. The molecular formula is C22H24F3N5O. The smallest absolute Gasteiger partial charge is 0.384 e. The van der Waals surface area contributed by atoms with Crippen LogP contribution < -0.4 is 11.5 Å². The van der Waals surface area contributed by atoms with Crippen LogP contribution in [0.5, 0.6) is 0 Å². The topological polar surface area (TPSA) is 90.2 Å². The molecule has 1 amide bonds. The summed E-state index contributed by atoms with van der Waals surface area (Å²) in [5.74, 6) is 5.54. The van der Waals surface area contributed by atoms with Gasteiger partial charge in [-0.15, -0.1) is 0 Å². The van der Waals surface area contributed by atoms with Crippen molar-refractivity contribution < 1.29 is 18.0 Å². The number of amides is 1. The lowest BCUT2D eigenvalue weighted by Crippen LogP contribution is -2.42. The van der Waals surface area contributed by atoms with E-state index in [1.807, 2.05) is 0 Å². The second-order valence-electron chi connectivity index (χ2n) is 8.35. The van der Waals surface area contributed by atoms with Gasteiger partial charge in [-0.05, 0) is 49.7 Å². The first-order valence-electron chi connectivity index (χ1n) is 10.1. The molecule has 2 fully saturated rings. The first-order valence-corrected chi connectivity index (χ1v) is 10.1. The zero-order valence-corrected chi connectivity index (χ0v) is 17.2. The van der Waals surface area contributed by atoms with E-state index in [0.717, 1.165) is 31.4 Å². The number of benzene rings is 1. The van der Waals surface area contributed by atoms with Crippen molar-refractivity contribution in [2.45, 2.75) is 44.9 Å². The highest BCUT2D eigenvalue weighted by molar-refractivity contribution is 5.93. The number of hydrogen-bond acceptors (Lipinski definition) is 4. The van der Waals surface area contributed by atoms with Gasteiger partial charge in [0.05, 0.1) is 17.3 Å². The minimum absolute atomic E-state index is 0.0472. The Labute approximate surface area is 178 Å². The maximum Gasteiger partial charge on any atom is 0.416 e. The number of anilines is 1. The Balaban J connectivity index is 1.53. The van der Waals surface area contributed by atoms with Gasteiger partial charge >= 0.3 is 6.18 Å². The molecule has 2 aliphatic rings. The monoisotopic (exact) mass is 431 g/mol. The maximum absolute atomic E-state index is 12.9. The van der Waals surface area contributed by atoms with E-state index in [9.17, 15) is 18.0 Å². The lowest BCUT2D eigenvalue weighted by Gasteiger charge is -2.45. The fraction of sp³-hybridized carbons (Fsp3) is 0.455. The number of aromatic nitrogens is 2. The number of nitrogen functional groups attached to an aromatic ring is 1. The summed E-state index contributed by atoms with van der Waals surface area (Å²) in [6.45, 7) is 3.15. The number of hydrogen-bond donors (Lipinski definition) is 2. The fourth-order valence-electron chi connectivity index (χ4n) is 4.75. The summed E-state index contributed by atoms with van der Waals surface area (Å²) in [6, 6.07) is 4.93.